The number of hydrogen-bond donors (Lipinski definition) is 0. The molecule has 2 heterocycles. The second kappa shape index (κ2) is 8.71. The molecular weight excluding hydrogens is 416 g/mol. The molecule has 2 amide bonds. The van der Waals surface area contributed by atoms with Crippen molar-refractivity contribution in [1.82, 2.24) is 0 Å². The van der Waals surface area contributed by atoms with Crippen LogP contribution >= 0.6 is 0 Å². The van der Waals surface area contributed by atoms with Crippen LogP contribution in [-0.4, -0.2) is 24.5 Å². The van der Waals surface area contributed by atoms with E-state index in [1.54, 1.807) is 29.3 Å². The average molecular weight is 443 g/mol. The maximum atomic E-state index is 13.6. The largest absolute Gasteiger partial charge is 0.494 e. The number of para-hydroxylation sites is 1. The molecule has 5 rings (SSSR count). The van der Waals surface area contributed by atoms with Gasteiger partial charge in [0.25, 0.3) is 5.91 Å². The van der Waals surface area contributed by atoms with Crippen molar-refractivity contribution in [2.75, 3.05) is 16.6 Å². The molecule has 0 bridgehead atoms. The summed E-state index contributed by atoms with van der Waals surface area (Å²) in [5.74, 6) is -0.528. The summed E-state index contributed by atoms with van der Waals surface area (Å²) in [6, 6.07) is 24.3. The van der Waals surface area contributed by atoms with E-state index in [1.807, 2.05) is 68.4 Å². The fourth-order valence-electron chi connectivity index (χ4n) is 4.48. The van der Waals surface area contributed by atoms with Crippen molar-refractivity contribution in [3.8, 4) is 5.75 Å². The van der Waals surface area contributed by atoms with Gasteiger partial charge >= 0.3 is 0 Å². The van der Waals surface area contributed by atoms with Gasteiger partial charge in [-0.15, -0.1) is 0 Å². The third kappa shape index (κ3) is 3.76. The van der Waals surface area contributed by atoms with E-state index < -0.39 is 18.1 Å². The second-order valence-electron chi connectivity index (χ2n) is 8.42. The van der Waals surface area contributed by atoms with Crippen molar-refractivity contribution in [3.05, 3.63) is 90.0 Å². The van der Waals surface area contributed by atoms with Gasteiger partial charge in [-0.25, -0.2) is 9.96 Å². The van der Waals surface area contributed by atoms with Crippen molar-refractivity contribution >= 4 is 23.2 Å². The smallest absolute Gasteiger partial charge is 0.266 e. The number of rotatable bonds is 6. The van der Waals surface area contributed by atoms with Crippen LogP contribution in [0.2, 0.25) is 0 Å². The highest BCUT2D eigenvalue weighted by molar-refractivity contribution is 6.23. The number of carbonyl (C=O) groups excluding carboxylic acids is 2. The molecule has 0 N–H and O–H groups in total. The highest BCUT2D eigenvalue weighted by atomic mass is 16.7. The minimum absolute atomic E-state index is 0.253. The van der Waals surface area contributed by atoms with E-state index in [9.17, 15) is 9.59 Å². The van der Waals surface area contributed by atoms with Gasteiger partial charge in [-0.3, -0.25) is 14.4 Å². The van der Waals surface area contributed by atoms with Gasteiger partial charge in [-0.05, 0) is 55.3 Å². The predicted molar refractivity (Wildman–Crippen MR) is 126 cm³/mol. The zero-order valence-corrected chi connectivity index (χ0v) is 18.7. The highest BCUT2D eigenvalue weighted by Crippen LogP contribution is 2.47. The normalized spacial score (nSPS) is 22.1. The van der Waals surface area contributed by atoms with Crippen LogP contribution in [0.4, 0.5) is 11.4 Å². The van der Waals surface area contributed by atoms with Gasteiger partial charge in [0, 0.05) is 0 Å². The van der Waals surface area contributed by atoms with Crippen LogP contribution in [0.1, 0.15) is 30.5 Å². The fourth-order valence-corrected chi connectivity index (χ4v) is 4.48. The van der Waals surface area contributed by atoms with E-state index in [0.29, 0.717) is 18.0 Å². The van der Waals surface area contributed by atoms with Crippen LogP contribution in [0.15, 0.2) is 78.9 Å². The Kier molecular flexibility index (Phi) is 5.60. The lowest BCUT2D eigenvalue weighted by atomic mass is 9.90. The lowest BCUT2D eigenvalue weighted by Gasteiger charge is -2.28. The summed E-state index contributed by atoms with van der Waals surface area (Å²) >= 11 is 0. The zero-order chi connectivity index (χ0) is 22.9. The first kappa shape index (κ1) is 21.2. The van der Waals surface area contributed by atoms with E-state index in [0.717, 1.165) is 23.2 Å². The van der Waals surface area contributed by atoms with Crippen molar-refractivity contribution in [2.24, 2.45) is 5.92 Å². The molecule has 0 radical (unpaired) electrons. The Balaban J connectivity index is 1.49. The number of carbonyl (C=O) groups is 2. The van der Waals surface area contributed by atoms with Crippen LogP contribution < -0.4 is 14.7 Å². The summed E-state index contributed by atoms with van der Waals surface area (Å²) in [4.78, 5) is 34.5. The van der Waals surface area contributed by atoms with E-state index in [1.165, 1.54) is 4.90 Å². The molecule has 3 atom stereocenters. The minimum Gasteiger partial charge on any atom is -0.494 e. The number of anilines is 2. The van der Waals surface area contributed by atoms with Gasteiger partial charge in [0.1, 0.15) is 11.7 Å². The number of amides is 2. The minimum atomic E-state index is -0.875. The first-order valence-corrected chi connectivity index (χ1v) is 11.3. The molecule has 0 spiro atoms. The van der Waals surface area contributed by atoms with E-state index in [-0.39, 0.29) is 11.8 Å². The number of imide groups is 1. The van der Waals surface area contributed by atoms with Gasteiger partial charge in [-0.2, -0.15) is 0 Å². The molecule has 3 aromatic rings. The van der Waals surface area contributed by atoms with Crippen molar-refractivity contribution < 1.29 is 19.2 Å². The van der Waals surface area contributed by atoms with Gasteiger partial charge in [0.2, 0.25) is 5.91 Å². The summed E-state index contributed by atoms with van der Waals surface area (Å²) in [5.41, 5.74) is 3.40. The SMILES string of the molecule is CCCOc1ccc(N2C(=O)C3ON(c4ccccc4)C(c4ccc(C)cc4)C3C2=O)cc1. The highest BCUT2D eigenvalue weighted by Gasteiger charge is 2.60. The molecule has 6 heteroatoms. The quantitative estimate of drug-likeness (QED) is 0.512. The number of hydroxylamine groups is 1. The maximum absolute atomic E-state index is 13.6. The third-order valence-corrected chi connectivity index (χ3v) is 6.11. The molecule has 2 fully saturated rings. The number of benzene rings is 3. The number of fused-ring (bicyclic) bond motifs is 1. The lowest BCUT2D eigenvalue weighted by Crippen LogP contribution is -2.37. The maximum Gasteiger partial charge on any atom is 0.266 e. The van der Waals surface area contributed by atoms with E-state index in [2.05, 4.69) is 0 Å². The van der Waals surface area contributed by atoms with Crippen LogP contribution in [-0.2, 0) is 14.4 Å². The Morgan fingerprint density at radius 1 is 0.848 bits per heavy atom. The Morgan fingerprint density at radius 2 is 1.55 bits per heavy atom. The van der Waals surface area contributed by atoms with Gasteiger partial charge in [-0.1, -0.05) is 55.0 Å². The summed E-state index contributed by atoms with van der Waals surface area (Å²) < 4.78 is 5.63. The Bertz CT molecular complexity index is 1150. The summed E-state index contributed by atoms with van der Waals surface area (Å²) in [6.45, 7) is 4.68. The fraction of sp³-hybridized carbons (Fsp3) is 0.259. The topological polar surface area (TPSA) is 59.1 Å². The standard InChI is InChI=1S/C27H26N2O4/c1-3-17-32-22-15-13-20(14-16-22)28-26(30)23-24(19-11-9-18(2)10-12-19)29(33-25(23)27(28)31)21-7-5-4-6-8-21/h4-16,23-25H,3,17H2,1-2H3. The van der Waals surface area contributed by atoms with Crippen LogP contribution in [0.3, 0.4) is 0 Å². The number of aryl methyl sites for hydroxylation is 1. The molecule has 0 aliphatic carbocycles. The van der Waals surface area contributed by atoms with Crippen LogP contribution in [0.25, 0.3) is 0 Å². The first-order valence-electron chi connectivity index (χ1n) is 11.3. The van der Waals surface area contributed by atoms with Crippen LogP contribution in [0, 0.1) is 12.8 Å². The molecule has 3 aromatic carbocycles. The molecular formula is C27H26N2O4. The monoisotopic (exact) mass is 442 g/mol. The lowest BCUT2D eigenvalue weighted by molar-refractivity contribution is -0.126. The molecule has 6 nitrogen and oxygen atoms in total. The molecule has 0 saturated carbocycles. The second-order valence-corrected chi connectivity index (χ2v) is 8.42. The van der Waals surface area contributed by atoms with Crippen molar-refractivity contribution in [1.29, 1.82) is 0 Å². The summed E-state index contributed by atoms with van der Waals surface area (Å²) in [5, 5.41) is 1.72. The number of nitrogens with zero attached hydrogens (tertiary/aromatic N) is 2. The average Bonchev–Trinajstić information content (AvgIpc) is 3.35. The van der Waals surface area contributed by atoms with E-state index >= 15 is 0 Å². The van der Waals surface area contributed by atoms with E-state index in [4.69, 9.17) is 9.57 Å². The van der Waals surface area contributed by atoms with Crippen molar-refractivity contribution in [2.45, 2.75) is 32.4 Å². The Morgan fingerprint density at radius 3 is 2.21 bits per heavy atom. The molecule has 0 aromatic heterocycles. The third-order valence-electron chi connectivity index (χ3n) is 6.11. The molecule has 2 aliphatic heterocycles. The number of ether oxygens (including phenoxy) is 1. The summed E-state index contributed by atoms with van der Waals surface area (Å²) in [6.07, 6.45) is 0.0316. The molecule has 168 valence electrons. The van der Waals surface area contributed by atoms with Gasteiger partial charge < -0.3 is 4.74 Å². The Hall–Kier alpha value is -3.64. The molecule has 3 unspecified atom stereocenters. The van der Waals surface area contributed by atoms with Gasteiger partial charge in [0.05, 0.1) is 24.0 Å². The molecule has 33 heavy (non-hydrogen) atoms. The van der Waals surface area contributed by atoms with Crippen LogP contribution in [0.5, 0.6) is 5.75 Å². The van der Waals surface area contributed by atoms with Gasteiger partial charge in [0.15, 0.2) is 6.10 Å². The summed E-state index contributed by atoms with van der Waals surface area (Å²) in [7, 11) is 0. The zero-order valence-electron chi connectivity index (χ0n) is 18.7. The predicted octanol–water partition coefficient (Wildman–Crippen LogP) is 4.83. The molecule has 2 saturated heterocycles. The van der Waals surface area contributed by atoms with Crippen molar-refractivity contribution in [3.63, 3.8) is 0 Å². The Labute approximate surface area is 193 Å². The number of hydrogen-bond acceptors (Lipinski definition) is 5. The molecule has 2 aliphatic rings. The first-order chi connectivity index (χ1) is 16.1.